The van der Waals surface area contributed by atoms with Gasteiger partial charge in [0, 0.05) is 13.7 Å². The van der Waals surface area contributed by atoms with Crippen molar-refractivity contribution in [2.24, 2.45) is 0 Å². The summed E-state index contributed by atoms with van der Waals surface area (Å²) in [4.78, 5) is 23.8. The lowest BCUT2D eigenvalue weighted by Gasteiger charge is -2.23. The Bertz CT molecular complexity index is 434. The van der Waals surface area contributed by atoms with Gasteiger partial charge in [0.1, 0.15) is 6.61 Å². The number of amides is 1. The summed E-state index contributed by atoms with van der Waals surface area (Å²) in [5.41, 5.74) is 6.70. The number of rotatable bonds is 6. The molecule has 0 aliphatic carbocycles. The summed E-state index contributed by atoms with van der Waals surface area (Å²) in [6.45, 7) is -0.0559. The topological polar surface area (TPSA) is 92.9 Å². The van der Waals surface area contributed by atoms with Crippen molar-refractivity contribution in [3.05, 3.63) is 24.3 Å². The molecule has 0 atom stereocenters. The van der Waals surface area contributed by atoms with Crippen LogP contribution in [0.15, 0.2) is 24.3 Å². The number of nitrogen functional groups attached to an aromatic ring is 1. The number of carbonyl (C=O) groups is 2. The third-order valence-electron chi connectivity index (χ3n) is 2.35. The molecule has 6 heteroatoms. The van der Waals surface area contributed by atoms with E-state index in [1.165, 1.54) is 12.0 Å². The number of methoxy groups -OCH3 is 1. The van der Waals surface area contributed by atoms with E-state index >= 15 is 0 Å². The number of aliphatic carboxylic acids is 1. The first-order valence-electron chi connectivity index (χ1n) is 5.42. The number of hydrogen-bond donors (Lipinski definition) is 2. The van der Waals surface area contributed by atoms with Crippen molar-refractivity contribution in [1.82, 2.24) is 0 Å². The lowest BCUT2D eigenvalue weighted by Crippen LogP contribution is -2.36. The maximum Gasteiger partial charge on any atom is 0.305 e. The van der Waals surface area contributed by atoms with Gasteiger partial charge >= 0.3 is 5.97 Å². The molecule has 0 fully saturated rings. The Hall–Kier alpha value is -2.08. The van der Waals surface area contributed by atoms with Crippen LogP contribution in [0.3, 0.4) is 0 Å². The van der Waals surface area contributed by atoms with Crippen LogP contribution in [-0.4, -0.2) is 37.2 Å². The average molecular weight is 252 g/mol. The molecule has 1 rings (SSSR count). The highest BCUT2D eigenvalue weighted by Crippen LogP contribution is 2.22. The highest BCUT2D eigenvalue weighted by Gasteiger charge is 2.18. The third kappa shape index (κ3) is 3.74. The van der Waals surface area contributed by atoms with Gasteiger partial charge in [-0.3, -0.25) is 9.59 Å². The summed E-state index contributed by atoms with van der Waals surface area (Å²) in [6.07, 6.45) is -0.149. The number of benzene rings is 1. The van der Waals surface area contributed by atoms with Gasteiger partial charge in [-0.1, -0.05) is 12.1 Å². The second-order valence-electron chi connectivity index (χ2n) is 3.68. The van der Waals surface area contributed by atoms with E-state index in [1.807, 2.05) is 0 Å². The van der Waals surface area contributed by atoms with Gasteiger partial charge in [-0.2, -0.15) is 0 Å². The van der Waals surface area contributed by atoms with E-state index in [4.69, 9.17) is 15.6 Å². The number of carboxylic acids is 1. The van der Waals surface area contributed by atoms with Crippen LogP contribution in [0.25, 0.3) is 0 Å². The molecular formula is C12H16N2O4. The molecule has 0 saturated carbocycles. The minimum atomic E-state index is -0.972. The van der Waals surface area contributed by atoms with Crippen LogP contribution in [-0.2, 0) is 14.3 Å². The fourth-order valence-corrected chi connectivity index (χ4v) is 1.52. The second-order valence-corrected chi connectivity index (χ2v) is 3.68. The number of nitrogens with zero attached hydrogens (tertiary/aromatic N) is 1. The normalized spacial score (nSPS) is 10.1. The zero-order valence-corrected chi connectivity index (χ0v) is 10.1. The van der Waals surface area contributed by atoms with Gasteiger partial charge in [-0.25, -0.2) is 0 Å². The summed E-state index contributed by atoms with van der Waals surface area (Å²) in [7, 11) is 1.40. The minimum Gasteiger partial charge on any atom is -0.481 e. The molecule has 0 bridgehead atoms. The van der Waals surface area contributed by atoms with Gasteiger partial charge in [0.05, 0.1) is 17.8 Å². The predicted octanol–water partition coefficient (Wildman–Crippen LogP) is 0.723. The van der Waals surface area contributed by atoms with Crippen molar-refractivity contribution < 1.29 is 19.4 Å². The molecule has 0 unspecified atom stereocenters. The Balaban J connectivity index is 2.93. The van der Waals surface area contributed by atoms with Crippen molar-refractivity contribution in [2.45, 2.75) is 6.42 Å². The van der Waals surface area contributed by atoms with E-state index < -0.39 is 5.97 Å². The Kier molecular flexibility index (Phi) is 5.13. The molecule has 0 saturated heterocycles. The van der Waals surface area contributed by atoms with E-state index in [-0.39, 0.29) is 25.5 Å². The molecule has 6 nitrogen and oxygen atoms in total. The molecular weight excluding hydrogens is 236 g/mol. The van der Waals surface area contributed by atoms with E-state index in [2.05, 4.69) is 0 Å². The molecule has 3 N–H and O–H groups in total. The second kappa shape index (κ2) is 6.61. The van der Waals surface area contributed by atoms with Crippen molar-refractivity contribution in [3.63, 3.8) is 0 Å². The van der Waals surface area contributed by atoms with Crippen molar-refractivity contribution in [1.29, 1.82) is 0 Å². The highest BCUT2D eigenvalue weighted by atomic mass is 16.5. The van der Waals surface area contributed by atoms with Gasteiger partial charge in [0.15, 0.2) is 0 Å². The average Bonchev–Trinajstić information content (AvgIpc) is 2.31. The monoisotopic (exact) mass is 252 g/mol. The maximum atomic E-state index is 11.9. The molecule has 1 aromatic carbocycles. The summed E-state index contributed by atoms with van der Waals surface area (Å²) in [6, 6.07) is 6.81. The Morgan fingerprint density at radius 1 is 1.39 bits per heavy atom. The Morgan fingerprint density at radius 3 is 2.61 bits per heavy atom. The fraction of sp³-hybridized carbons (Fsp3) is 0.333. The van der Waals surface area contributed by atoms with Gasteiger partial charge in [-0.15, -0.1) is 0 Å². The van der Waals surface area contributed by atoms with E-state index in [1.54, 1.807) is 24.3 Å². The van der Waals surface area contributed by atoms with E-state index in [0.29, 0.717) is 11.4 Å². The van der Waals surface area contributed by atoms with Gasteiger partial charge < -0.3 is 20.5 Å². The molecule has 0 radical (unpaired) electrons. The Labute approximate surface area is 105 Å². The van der Waals surface area contributed by atoms with Crippen molar-refractivity contribution >= 4 is 23.3 Å². The number of anilines is 2. The summed E-state index contributed by atoms with van der Waals surface area (Å²) in [5, 5.41) is 8.69. The SMILES string of the molecule is COCC(=O)N(CCC(=O)O)c1ccccc1N. The van der Waals surface area contributed by atoms with Crippen LogP contribution in [0, 0.1) is 0 Å². The van der Waals surface area contributed by atoms with Gasteiger partial charge in [-0.05, 0) is 12.1 Å². The smallest absolute Gasteiger partial charge is 0.305 e. The highest BCUT2D eigenvalue weighted by molar-refractivity contribution is 5.97. The first kappa shape index (κ1) is 14.0. The summed E-state index contributed by atoms with van der Waals surface area (Å²) < 4.78 is 4.77. The number of hydrogen-bond acceptors (Lipinski definition) is 4. The lowest BCUT2D eigenvalue weighted by atomic mass is 10.2. The van der Waals surface area contributed by atoms with Crippen LogP contribution in [0.1, 0.15) is 6.42 Å². The van der Waals surface area contributed by atoms with E-state index in [9.17, 15) is 9.59 Å². The van der Waals surface area contributed by atoms with Crippen LogP contribution in [0.2, 0.25) is 0 Å². The van der Waals surface area contributed by atoms with Gasteiger partial charge in [0.2, 0.25) is 0 Å². The fourth-order valence-electron chi connectivity index (χ4n) is 1.52. The molecule has 0 aromatic heterocycles. The first-order chi connectivity index (χ1) is 8.56. The molecule has 98 valence electrons. The van der Waals surface area contributed by atoms with Gasteiger partial charge in [0.25, 0.3) is 5.91 Å². The lowest BCUT2D eigenvalue weighted by molar-refractivity contribution is -0.136. The third-order valence-corrected chi connectivity index (χ3v) is 2.35. The zero-order chi connectivity index (χ0) is 13.5. The van der Waals surface area contributed by atoms with Crippen LogP contribution in [0.5, 0.6) is 0 Å². The Morgan fingerprint density at radius 2 is 2.06 bits per heavy atom. The van der Waals surface area contributed by atoms with Crippen LogP contribution in [0.4, 0.5) is 11.4 Å². The molecule has 1 amide bonds. The zero-order valence-electron chi connectivity index (χ0n) is 10.1. The molecule has 1 aromatic rings. The quantitative estimate of drug-likeness (QED) is 0.728. The minimum absolute atomic E-state index is 0.0612. The molecule has 18 heavy (non-hydrogen) atoms. The van der Waals surface area contributed by atoms with Crippen molar-refractivity contribution in [3.8, 4) is 0 Å². The largest absolute Gasteiger partial charge is 0.481 e. The number of para-hydroxylation sites is 2. The summed E-state index contributed by atoms with van der Waals surface area (Å²) >= 11 is 0. The molecule has 0 aliphatic heterocycles. The number of ether oxygens (including phenoxy) is 1. The first-order valence-corrected chi connectivity index (χ1v) is 5.42. The number of carbonyl (C=O) groups excluding carboxylic acids is 1. The number of carboxylic acid groups (broad SMARTS) is 1. The predicted molar refractivity (Wildman–Crippen MR) is 67.3 cm³/mol. The number of nitrogens with two attached hydrogens (primary N) is 1. The van der Waals surface area contributed by atoms with Crippen LogP contribution < -0.4 is 10.6 Å². The maximum absolute atomic E-state index is 11.9. The summed E-state index contributed by atoms with van der Waals surface area (Å²) in [5.74, 6) is -1.30. The standard InChI is InChI=1S/C12H16N2O4/c1-18-8-11(15)14(7-6-12(16)17)10-5-3-2-4-9(10)13/h2-5H,6-8,13H2,1H3,(H,16,17). The molecule has 0 heterocycles. The van der Waals surface area contributed by atoms with Crippen molar-refractivity contribution in [2.75, 3.05) is 30.9 Å². The molecule has 0 spiro atoms. The molecule has 0 aliphatic rings. The van der Waals surface area contributed by atoms with E-state index in [0.717, 1.165) is 0 Å². The van der Waals surface area contributed by atoms with Crippen LogP contribution >= 0.6 is 0 Å².